The van der Waals surface area contributed by atoms with Crippen molar-refractivity contribution < 1.29 is 4.42 Å². The van der Waals surface area contributed by atoms with Crippen molar-refractivity contribution in [1.82, 2.24) is 10.2 Å². The lowest BCUT2D eigenvalue weighted by atomic mass is 10.2. The van der Waals surface area contributed by atoms with Gasteiger partial charge in [-0.2, -0.15) is 0 Å². The number of benzene rings is 1. The van der Waals surface area contributed by atoms with Crippen LogP contribution in [0.15, 0.2) is 28.7 Å². The quantitative estimate of drug-likeness (QED) is 0.793. The standard InChI is InChI=1S/C14H19ClN4O/c1-3-19(4-2)12-7-5-11(6-8-12)16-14-18-17-13(20-14)9-10-15/h5-8H,3-4,9-10H2,1-2H3,(H,16,18). The molecular weight excluding hydrogens is 276 g/mol. The minimum absolute atomic E-state index is 0.390. The van der Waals surface area contributed by atoms with Crippen molar-refractivity contribution in [2.24, 2.45) is 0 Å². The normalized spacial score (nSPS) is 10.6. The molecule has 1 aromatic carbocycles. The Kier molecular flexibility index (Phi) is 5.24. The number of hydrogen-bond acceptors (Lipinski definition) is 5. The van der Waals surface area contributed by atoms with Crippen LogP contribution < -0.4 is 10.2 Å². The number of aryl methyl sites for hydroxylation is 1. The molecule has 6 heteroatoms. The fraction of sp³-hybridized carbons (Fsp3) is 0.429. The average molecular weight is 295 g/mol. The Balaban J connectivity index is 2.02. The molecule has 0 radical (unpaired) electrons. The number of halogens is 1. The Morgan fingerprint density at radius 1 is 1.15 bits per heavy atom. The molecule has 2 aromatic rings. The van der Waals surface area contributed by atoms with Crippen molar-refractivity contribution in [3.05, 3.63) is 30.2 Å². The Labute approximate surface area is 123 Å². The van der Waals surface area contributed by atoms with Crippen LogP contribution in [0.5, 0.6) is 0 Å². The third kappa shape index (κ3) is 3.63. The molecule has 2 rings (SSSR count). The van der Waals surface area contributed by atoms with Crippen LogP contribution in [0.1, 0.15) is 19.7 Å². The number of alkyl halides is 1. The van der Waals surface area contributed by atoms with Crippen molar-refractivity contribution >= 4 is 29.0 Å². The van der Waals surface area contributed by atoms with E-state index in [2.05, 4.69) is 46.4 Å². The van der Waals surface area contributed by atoms with E-state index in [9.17, 15) is 0 Å². The van der Waals surface area contributed by atoms with Gasteiger partial charge in [0.05, 0.1) is 0 Å². The largest absolute Gasteiger partial charge is 0.408 e. The van der Waals surface area contributed by atoms with Gasteiger partial charge in [0, 0.05) is 36.8 Å². The number of anilines is 3. The molecule has 0 unspecified atom stereocenters. The molecule has 1 aromatic heterocycles. The molecule has 108 valence electrons. The number of aromatic nitrogens is 2. The number of nitrogens with zero attached hydrogens (tertiary/aromatic N) is 3. The maximum atomic E-state index is 5.63. The van der Waals surface area contributed by atoms with E-state index in [4.69, 9.17) is 16.0 Å². The summed E-state index contributed by atoms with van der Waals surface area (Å²) in [6.07, 6.45) is 0.580. The Hall–Kier alpha value is -1.75. The summed E-state index contributed by atoms with van der Waals surface area (Å²) in [6.45, 7) is 6.28. The molecule has 0 fully saturated rings. The van der Waals surface area contributed by atoms with Crippen LogP contribution in [0.2, 0.25) is 0 Å². The highest BCUT2D eigenvalue weighted by molar-refractivity contribution is 6.17. The van der Waals surface area contributed by atoms with Gasteiger partial charge in [0.25, 0.3) is 0 Å². The first-order valence-corrected chi connectivity index (χ1v) is 7.30. The lowest BCUT2D eigenvalue weighted by Crippen LogP contribution is -2.21. The van der Waals surface area contributed by atoms with E-state index in [0.717, 1.165) is 18.8 Å². The van der Waals surface area contributed by atoms with Gasteiger partial charge in [-0.3, -0.25) is 0 Å². The summed E-state index contributed by atoms with van der Waals surface area (Å²) in [5.74, 6) is 1.02. The molecule has 0 amide bonds. The maximum absolute atomic E-state index is 5.63. The zero-order valence-electron chi connectivity index (χ0n) is 11.8. The highest BCUT2D eigenvalue weighted by Crippen LogP contribution is 2.20. The summed E-state index contributed by atoms with van der Waals surface area (Å²) in [6, 6.07) is 8.54. The van der Waals surface area contributed by atoms with Gasteiger partial charge < -0.3 is 14.6 Å². The summed E-state index contributed by atoms with van der Waals surface area (Å²) in [5, 5.41) is 10.9. The molecule has 0 saturated heterocycles. The zero-order chi connectivity index (χ0) is 14.4. The fourth-order valence-electron chi connectivity index (χ4n) is 1.95. The molecule has 0 aliphatic carbocycles. The van der Waals surface area contributed by atoms with Crippen molar-refractivity contribution in [2.75, 3.05) is 29.2 Å². The molecular formula is C14H19ClN4O. The first-order chi connectivity index (χ1) is 9.76. The van der Waals surface area contributed by atoms with Gasteiger partial charge in [0.15, 0.2) is 0 Å². The summed E-state index contributed by atoms with van der Waals surface area (Å²) in [4.78, 5) is 2.29. The third-order valence-corrected chi connectivity index (χ3v) is 3.21. The molecule has 0 atom stereocenters. The average Bonchev–Trinajstić information content (AvgIpc) is 2.90. The van der Waals surface area contributed by atoms with Crippen LogP contribution >= 0.6 is 11.6 Å². The highest BCUT2D eigenvalue weighted by Gasteiger charge is 2.06. The number of rotatable bonds is 7. The van der Waals surface area contributed by atoms with E-state index in [-0.39, 0.29) is 0 Å². The van der Waals surface area contributed by atoms with E-state index in [0.29, 0.717) is 24.2 Å². The maximum Gasteiger partial charge on any atom is 0.320 e. The van der Waals surface area contributed by atoms with Crippen LogP contribution in [0, 0.1) is 0 Å². The lowest BCUT2D eigenvalue weighted by molar-refractivity contribution is 0.516. The van der Waals surface area contributed by atoms with Crippen LogP contribution in [0.25, 0.3) is 0 Å². The van der Waals surface area contributed by atoms with Gasteiger partial charge in [-0.1, -0.05) is 5.10 Å². The molecule has 0 aliphatic heterocycles. The molecule has 1 N–H and O–H groups in total. The Bertz CT molecular complexity index is 522. The summed E-state index contributed by atoms with van der Waals surface area (Å²) >= 11 is 5.63. The van der Waals surface area contributed by atoms with Gasteiger partial charge in [-0.25, -0.2) is 0 Å². The van der Waals surface area contributed by atoms with Crippen molar-refractivity contribution in [3.63, 3.8) is 0 Å². The topological polar surface area (TPSA) is 54.2 Å². The molecule has 20 heavy (non-hydrogen) atoms. The molecule has 5 nitrogen and oxygen atoms in total. The number of nitrogens with one attached hydrogen (secondary N) is 1. The Morgan fingerprint density at radius 3 is 2.45 bits per heavy atom. The minimum atomic E-state index is 0.390. The first-order valence-electron chi connectivity index (χ1n) is 6.77. The monoisotopic (exact) mass is 294 g/mol. The third-order valence-electron chi connectivity index (χ3n) is 3.02. The second kappa shape index (κ2) is 7.14. The summed E-state index contributed by atoms with van der Waals surface area (Å²) < 4.78 is 5.42. The van der Waals surface area contributed by atoms with E-state index in [1.165, 1.54) is 5.69 Å². The molecule has 0 saturated carbocycles. The summed E-state index contributed by atoms with van der Waals surface area (Å²) in [7, 11) is 0. The molecule has 0 aliphatic rings. The predicted molar refractivity (Wildman–Crippen MR) is 82.0 cm³/mol. The van der Waals surface area contributed by atoms with Gasteiger partial charge >= 0.3 is 6.01 Å². The smallest absolute Gasteiger partial charge is 0.320 e. The second-order valence-corrected chi connectivity index (χ2v) is 4.66. The van der Waals surface area contributed by atoms with Gasteiger partial charge in [0.1, 0.15) is 0 Å². The predicted octanol–water partition coefficient (Wildman–Crippen LogP) is 3.44. The second-order valence-electron chi connectivity index (χ2n) is 4.28. The van der Waals surface area contributed by atoms with E-state index in [1.54, 1.807) is 0 Å². The fourth-order valence-corrected chi connectivity index (χ4v) is 2.12. The van der Waals surface area contributed by atoms with Crippen molar-refractivity contribution in [2.45, 2.75) is 20.3 Å². The Morgan fingerprint density at radius 2 is 1.85 bits per heavy atom. The lowest BCUT2D eigenvalue weighted by Gasteiger charge is -2.21. The minimum Gasteiger partial charge on any atom is -0.408 e. The van der Waals surface area contributed by atoms with Gasteiger partial charge in [0.2, 0.25) is 5.89 Å². The van der Waals surface area contributed by atoms with Crippen LogP contribution in [-0.4, -0.2) is 29.2 Å². The highest BCUT2D eigenvalue weighted by atomic mass is 35.5. The zero-order valence-corrected chi connectivity index (χ0v) is 12.5. The van der Waals surface area contributed by atoms with Gasteiger partial charge in [-0.05, 0) is 38.1 Å². The number of hydrogen-bond donors (Lipinski definition) is 1. The van der Waals surface area contributed by atoms with Crippen LogP contribution in [0.4, 0.5) is 17.4 Å². The van der Waals surface area contributed by atoms with Gasteiger partial charge in [-0.15, -0.1) is 16.7 Å². The molecule has 1 heterocycles. The SMILES string of the molecule is CCN(CC)c1ccc(Nc2nnc(CCCl)o2)cc1. The van der Waals surface area contributed by atoms with Crippen molar-refractivity contribution in [3.8, 4) is 0 Å². The van der Waals surface area contributed by atoms with E-state index >= 15 is 0 Å². The summed E-state index contributed by atoms with van der Waals surface area (Å²) in [5.41, 5.74) is 2.12. The van der Waals surface area contributed by atoms with Crippen LogP contribution in [-0.2, 0) is 6.42 Å². The van der Waals surface area contributed by atoms with Crippen LogP contribution in [0.3, 0.4) is 0 Å². The van der Waals surface area contributed by atoms with E-state index in [1.807, 2.05) is 12.1 Å². The van der Waals surface area contributed by atoms with E-state index < -0.39 is 0 Å². The molecule has 0 spiro atoms. The van der Waals surface area contributed by atoms with Crippen molar-refractivity contribution in [1.29, 1.82) is 0 Å². The molecule has 0 bridgehead atoms. The first kappa shape index (κ1) is 14.7.